The van der Waals surface area contributed by atoms with Crippen molar-refractivity contribution in [3.63, 3.8) is 0 Å². The Kier molecular flexibility index (Phi) is 5.99. The highest BCUT2D eigenvalue weighted by molar-refractivity contribution is 5.73. The van der Waals surface area contributed by atoms with Crippen molar-refractivity contribution in [1.82, 2.24) is 4.98 Å². The van der Waals surface area contributed by atoms with Gasteiger partial charge in [-0.1, -0.05) is 30.3 Å². The van der Waals surface area contributed by atoms with Gasteiger partial charge in [-0.2, -0.15) is 0 Å². The fourth-order valence-electron chi connectivity index (χ4n) is 1.61. The van der Waals surface area contributed by atoms with Crippen LogP contribution in [0.5, 0.6) is 0 Å². The summed E-state index contributed by atoms with van der Waals surface area (Å²) in [7, 11) is 1.67. The van der Waals surface area contributed by atoms with Gasteiger partial charge in [-0.05, 0) is 17.2 Å². The number of methoxy groups -OCH3 is 1. The molecule has 106 valence electrons. The molecule has 1 aromatic carbocycles. The van der Waals surface area contributed by atoms with Gasteiger partial charge in [0.25, 0.3) is 0 Å². The number of nitrogens with two attached hydrogens (primary N) is 2. The first-order chi connectivity index (χ1) is 9.54. The first-order valence-electron chi connectivity index (χ1n) is 5.81. The van der Waals surface area contributed by atoms with Crippen LogP contribution in [0.2, 0.25) is 0 Å². The number of nitrogens with zero attached hydrogens (tertiary/aromatic N) is 1. The number of carbonyl (C=O) groups is 1. The van der Waals surface area contributed by atoms with E-state index in [1.54, 1.807) is 13.3 Å². The first-order valence-corrected chi connectivity index (χ1v) is 5.81. The van der Waals surface area contributed by atoms with Gasteiger partial charge in [0.15, 0.2) is 0 Å². The van der Waals surface area contributed by atoms with Crippen molar-refractivity contribution in [2.75, 3.05) is 12.8 Å². The van der Waals surface area contributed by atoms with Crippen LogP contribution < -0.4 is 11.5 Å². The van der Waals surface area contributed by atoms with E-state index in [-0.39, 0.29) is 0 Å². The lowest BCUT2D eigenvalue weighted by molar-refractivity contribution is 0.184. The highest BCUT2D eigenvalue weighted by Gasteiger charge is 2.04. The quantitative estimate of drug-likeness (QED) is 0.794. The van der Waals surface area contributed by atoms with Gasteiger partial charge in [0.1, 0.15) is 5.82 Å². The third-order valence-electron chi connectivity index (χ3n) is 2.37. The smallest absolute Gasteiger partial charge is 0.402 e. The molecule has 6 heteroatoms. The summed E-state index contributed by atoms with van der Waals surface area (Å²) in [6.07, 6.45) is 0.408. The third kappa shape index (κ3) is 4.95. The highest BCUT2D eigenvalue weighted by atomic mass is 16.5. The minimum Gasteiger partial charge on any atom is -0.465 e. The fraction of sp³-hybridized carbons (Fsp3) is 0.143. The van der Waals surface area contributed by atoms with Crippen LogP contribution in [-0.2, 0) is 11.3 Å². The molecule has 0 saturated carbocycles. The van der Waals surface area contributed by atoms with Crippen molar-refractivity contribution >= 4 is 11.9 Å². The minimum absolute atomic E-state index is 0.547. The molecule has 1 amide bonds. The van der Waals surface area contributed by atoms with E-state index in [1.807, 2.05) is 36.4 Å². The zero-order chi connectivity index (χ0) is 15.0. The maximum atomic E-state index is 8.78. The number of primary amides is 1. The Morgan fingerprint density at radius 2 is 1.95 bits per heavy atom. The standard InChI is InChI=1S/C13H14N2O.CH3NO2/c1-16-9-10-7-12(13(14)15-8-10)11-5-3-2-4-6-11;2-1(3)4/h2-8H,9H2,1H3,(H2,14,15);2H2,(H,3,4). The van der Waals surface area contributed by atoms with Crippen LogP contribution in [0.25, 0.3) is 11.1 Å². The third-order valence-corrected chi connectivity index (χ3v) is 2.37. The summed E-state index contributed by atoms with van der Waals surface area (Å²) in [6, 6.07) is 12.0. The van der Waals surface area contributed by atoms with Crippen LogP contribution in [0.1, 0.15) is 5.56 Å². The first kappa shape index (κ1) is 15.5. The van der Waals surface area contributed by atoms with Crippen molar-refractivity contribution < 1.29 is 14.6 Å². The lowest BCUT2D eigenvalue weighted by atomic mass is 10.1. The average molecular weight is 275 g/mol. The number of nitrogen functional groups attached to an aromatic ring is 1. The molecule has 0 spiro atoms. The number of benzene rings is 1. The number of anilines is 1. The maximum Gasteiger partial charge on any atom is 0.402 e. The molecule has 0 saturated heterocycles. The average Bonchev–Trinajstić information content (AvgIpc) is 2.42. The van der Waals surface area contributed by atoms with Crippen molar-refractivity contribution in [3.05, 3.63) is 48.2 Å². The second kappa shape index (κ2) is 7.75. The van der Waals surface area contributed by atoms with Crippen LogP contribution >= 0.6 is 0 Å². The van der Waals surface area contributed by atoms with E-state index in [0.717, 1.165) is 16.7 Å². The zero-order valence-corrected chi connectivity index (χ0v) is 11.1. The van der Waals surface area contributed by atoms with Crippen molar-refractivity contribution in [2.24, 2.45) is 5.73 Å². The van der Waals surface area contributed by atoms with Gasteiger partial charge in [-0.3, -0.25) is 0 Å². The van der Waals surface area contributed by atoms with E-state index in [9.17, 15) is 0 Å². The molecule has 6 nitrogen and oxygen atoms in total. The van der Waals surface area contributed by atoms with Gasteiger partial charge in [0, 0.05) is 18.9 Å². The Balaban J connectivity index is 0.000000444. The molecular weight excluding hydrogens is 258 g/mol. The highest BCUT2D eigenvalue weighted by Crippen LogP contribution is 2.24. The Morgan fingerprint density at radius 3 is 2.50 bits per heavy atom. The molecule has 0 radical (unpaired) electrons. The van der Waals surface area contributed by atoms with Crippen molar-refractivity contribution in [1.29, 1.82) is 0 Å². The number of ether oxygens (including phenoxy) is 1. The lowest BCUT2D eigenvalue weighted by Crippen LogP contribution is -2.03. The summed E-state index contributed by atoms with van der Waals surface area (Å²) in [5, 5.41) is 7.19. The molecule has 1 aromatic heterocycles. The van der Waals surface area contributed by atoms with Crippen LogP contribution in [0, 0.1) is 0 Å². The van der Waals surface area contributed by atoms with Crippen LogP contribution in [0.4, 0.5) is 10.6 Å². The molecule has 0 atom stereocenters. The summed E-state index contributed by atoms with van der Waals surface area (Å²) >= 11 is 0. The number of carboxylic acid groups (broad SMARTS) is 1. The Labute approximate surface area is 117 Å². The SMILES string of the molecule is COCc1cnc(N)c(-c2ccccc2)c1.NC(=O)O. The molecule has 2 aromatic rings. The number of aromatic nitrogens is 1. The number of hydrogen-bond donors (Lipinski definition) is 3. The number of amides is 1. The van der Waals surface area contributed by atoms with Gasteiger partial charge in [-0.15, -0.1) is 0 Å². The maximum absolute atomic E-state index is 8.78. The summed E-state index contributed by atoms with van der Waals surface area (Å²) in [6.45, 7) is 0.549. The minimum atomic E-state index is -1.33. The molecule has 1 heterocycles. The predicted molar refractivity (Wildman–Crippen MR) is 77.0 cm³/mol. The second-order valence-corrected chi connectivity index (χ2v) is 3.91. The van der Waals surface area contributed by atoms with Gasteiger partial charge < -0.3 is 21.3 Å². The molecule has 20 heavy (non-hydrogen) atoms. The molecule has 0 fully saturated rings. The van der Waals surface area contributed by atoms with Gasteiger partial charge in [0.05, 0.1) is 6.61 Å². The Bertz CT molecular complexity index is 555. The molecule has 2 rings (SSSR count). The molecular formula is C14H17N3O3. The van der Waals surface area contributed by atoms with Gasteiger partial charge in [-0.25, -0.2) is 9.78 Å². The summed E-state index contributed by atoms with van der Waals surface area (Å²) < 4.78 is 5.08. The molecule has 0 aliphatic carbocycles. The van der Waals surface area contributed by atoms with E-state index < -0.39 is 6.09 Å². The number of pyridine rings is 1. The van der Waals surface area contributed by atoms with Crippen LogP contribution in [0.15, 0.2) is 42.6 Å². The topological polar surface area (TPSA) is 111 Å². The molecule has 0 aliphatic heterocycles. The molecule has 5 N–H and O–H groups in total. The van der Waals surface area contributed by atoms with Gasteiger partial charge >= 0.3 is 6.09 Å². The zero-order valence-electron chi connectivity index (χ0n) is 11.1. The summed E-state index contributed by atoms with van der Waals surface area (Å²) in [5.41, 5.74) is 12.9. The molecule has 0 unspecified atom stereocenters. The fourth-order valence-corrected chi connectivity index (χ4v) is 1.61. The second-order valence-electron chi connectivity index (χ2n) is 3.91. The van der Waals surface area contributed by atoms with E-state index in [2.05, 4.69) is 10.7 Å². The predicted octanol–water partition coefficient (Wildman–Crippen LogP) is 2.10. The van der Waals surface area contributed by atoms with E-state index in [0.29, 0.717) is 12.4 Å². The summed E-state index contributed by atoms with van der Waals surface area (Å²) in [4.78, 5) is 12.9. The monoisotopic (exact) mass is 275 g/mol. The largest absolute Gasteiger partial charge is 0.465 e. The lowest BCUT2D eigenvalue weighted by Gasteiger charge is -2.07. The van der Waals surface area contributed by atoms with Crippen LogP contribution in [-0.4, -0.2) is 23.3 Å². The Hall–Kier alpha value is -2.60. The Morgan fingerprint density at radius 1 is 1.35 bits per heavy atom. The van der Waals surface area contributed by atoms with Crippen molar-refractivity contribution in [3.8, 4) is 11.1 Å². The van der Waals surface area contributed by atoms with E-state index >= 15 is 0 Å². The summed E-state index contributed by atoms with van der Waals surface area (Å²) in [5.74, 6) is 0.547. The van der Waals surface area contributed by atoms with Crippen LogP contribution in [0.3, 0.4) is 0 Å². The molecule has 0 aliphatic rings. The van der Waals surface area contributed by atoms with Gasteiger partial charge in [0.2, 0.25) is 0 Å². The number of hydrogen-bond acceptors (Lipinski definition) is 4. The normalized spacial score (nSPS) is 9.45. The van der Waals surface area contributed by atoms with E-state index in [1.165, 1.54) is 0 Å². The van der Waals surface area contributed by atoms with Crippen molar-refractivity contribution in [2.45, 2.75) is 6.61 Å². The molecule has 0 bridgehead atoms. The number of rotatable bonds is 3. The van der Waals surface area contributed by atoms with E-state index in [4.69, 9.17) is 20.4 Å².